The van der Waals surface area contributed by atoms with Crippen molar-refractivity contribution in [2.45, 2.75) is 58.6 Å². The van der Waals surface area contributed by atoms with Gasteiger partial charge in [0.25, 0.3) is 0 Å². The average molecular weight is 275 g/mol. The molecule has 1 aromatic carbocycles. The normalized spacial score (nSPS) is 16.3. The highest BCUT2D eigenvalue weighted by Crippen LogP contribution is 2.18. The maximum atomic E-state index is 5.78. The van der Waals surface area contributed by atoms with Crippen LogP contribution in [0.4, 0.5) is 0 Å². The summed E-state index contributed by atoms with van der Waals surface area (Å²) in [5.41, 5.74) is 2.70. The van der Waals surface area contributed by atoms with Gasteiger partial charge in [0, 0.05) is 12.6 Å². The molecule has 1 saturated carbocycles. The average Bonchev–Trinajstić information content (AvgIpc) is 3.25. The molecular weight excluding hydrogens is 246 g/mol. The molecule has 2 nitrogen and oxygen atoms in total. The zero-order valence-electron chi connectivity index (χ0n) is 13.0. The topological polar surface area (TPSA) is 21.3 Å². The number of hydrogen-bond donors (Lipinski definition) is 1. The first-order chi connectivity index (χ1) is 9.78. The maximum absolute atomic E-state index is 5.78. The molecule has 1 atom stereocenters. The van der Waals surface area contributed by atoms with E-state index in [1.165, 1.54) is 36.8 Å². The molecule has 112 valence electrons. The molecule has 1 fully saturated rings. The van der Waals surface area contributed by atoms with Crippen LogP contribution in [0, 0.1) is 5.92 Å². The van der Waals surface area contributed by atoms with Crippen molar-refractivity contribution in [2.75, 3.05) is 13.2 Å². The molecule has 0 amide bonds. The quantitative estimate of drug-likeness (QED) is 0.698. The summed E-state index contributed by atoms with van der Waals surface area (Å²) in [4.78, 5) is 0. The number of rotatable bonds is 10. The fourth-order valence-electron chi connectivity index (χ4n) is 2.46. The van der Waals surface area contributed by atoms with Gasteiger partial charge in [-0.1, -0.05) is 44.5 Å². The molecule has 0 heterocycles. The Morgan fingerprint density at radius 2 is 1.90 bits per heavy atom. The van der Waals surface area contributed by atoms with Gasteiger partial charge < -0.3 is 10.1 Å². The molecule has 2 heteroatoms. The number of nitrogens with one attached hydrogen (secondary N) is 1. The second-order valence-corrected chi connectivity index (χ2v) is 6.20. The monoisotopic (exact) mass is 275 g/mol. The lowest BCUT2D eigenvalue weighted by Gasteiger charge is -2.11. The minimum absolute atomic E-state index is 0.674. The Bertz CT molecular complexity index is 370. The Morgan fingerprint density at radius 3 is 2.55 bits per heavy atom. The van der Waals surface area contributed by atoms with Crippen molar-refractivity contribution in [3.05, 3.63) is 35.4 Å². The Kier molecular flexibility index (Phi) is 6.55. The van der Waals surface area contributed by atoms with E-state index in [2.05, 4.69) is 43.4 Å². The lowest BCUT2D eigenvalue weighted by Crippen LogP contribution is -2.19. The summed E-state index contributed by atoms with van der Waals surface area (Å²) >= 11 is 0. The van der Waals surface area contributed by atoms with Gasteiger partial charge >= 0.3 is 0 Å². The number of ether oxygens (including phenoxy) is 1. The van der Waals surface area contributed by atoms with Crippen molar-refractivity contribution in [3.8, 4) is 0 Å². The second-order valence-electron chi connectivity index (χ2n) is 6.20. The predicted octanol–water partition coefficient (Wildman–Crippen LogP) is 3.93. The molecule has 0 aliphatic heterocycles. The van der Waals surface area contributed by atoms with E-state index in [-0.39, 0.29) is 0 Å². The van der Waals surface area contributed by atoms with Crippen LogP contribution in [0.3, 0.4) is 0 Å². The molecular formula is C18H29NO. The van der Waals surface area contributed by atoms with E-state index in [0.29, 0.717) is 5.92 Å². The Balaban J connectivity index is 1.62. The SMILES string of the molecule is CCCC(C)COCc1ccc(CCNC2CC2)cc1. The van der Waals surface area contributed by atoms with Gasteiger partial charge in [0.15, 0.2) is 0 Å². The van der Waals surface area contributed by atoms with Crippen molar-refractivity contribution in [2.24, 2.45) is 5.92 Å². The third-order valence-electron chi connectivity index (χ3n) is 3.90. The molecule has 0 bridgehead atoms. The maximum Gasteiger partial charge on any atom is 0.0717 e. The number of benzene rings is 1. The fraction of sp³-hybridized carbons (Fsp3) is 0.667. The van der Waals surface area contributed by atoms with Gasteiger partial charge in [-0.05, 0) is 49.3 Å². The summed E-state index contributed by atoms with van der Waals surface area (Å²) in [6.45, 7) is 7.22. The zero-order chi connectivity index (χ0) is 14.2. The van der Waals surface area contributed by atoms with Gasteiger partial charge in [-0.3, -0.25) is 0 Å². The predicted molar refractivity (Wildman–Crippen MR) is 84.9 cm³/mol. The fourth-order valence-corrected chi connectivity index (χ4v) is 2.46. The molecule has 1 aromatic rings. The van der Waals surface area contributed by atoms with Crippen LogP contribution in [0.15, 0.2) is 24.3 Å². The van der Waals surface area contributed by atoms with Crippen molar-refractivity contribution < 1.29 is 4.74 Å². The van der Waals surface area contributed by atoms with E-state index >= 15 is 0 Å². The van der Waals surface area contributed by atoms with E-state index in [9.17, 15) is 0 Å². The molecule has 0 aromatic heterocycles. The number of hydrogen-bond acceptors (Lipinski definition) is 2. The molecule has 0 radical (unpaired) electrons. The Morgan fingerprint density at radius 1 is 1.20 bits per heavy atom. The van der Waals surface area contributed by atoms with Crippen LogP contribution in [-0.4, -0.2) is 19.2 Å². The van der Waals surface area contributed by atoms with Gasteiger partial charge in [0.1, 0.15) is 0 Å². The van der Waals surface area contributed by atoms with Gasteiger partial charge in [-0.2, -0.15) is 0 Å². The smallest absolute Gasteiger partial charge is 0.0717 e. The summed E-state index contributed by atoms with van der Waals surface area (Å²) in [5.74, 6) is 0.674. The van der Waals surface area contributed by atoms with Crippen LogP contribution in [0.2, 0.25) is 0 Å². The first-order valence-electron chi connectivity index (χ1n) is 8.17. The minimum atomic E-state index is 0.674. The minimum Gasteiger partial charge on any atom is -0.376 e. The molecule has 0 saturated heterocycles. The van der Waals surface area contributed by atoms with Crippen LogP contribution in [0.25, 0.3) is 0 Å². The van der Waals surface area contributed by atoms with Crippen molar-refractivity contribution >= 4 is 0 Å². The van der Waals surface area contributed by atoms with Crippen LogP contribution in [0.5, 0.6) is 0 Å². The summed E-state index contributed by atoms with van der Waals surface area (Å²) in [6, 6.07) is 9.70. The van der Waals surface area contributed by atoms with E-state index in [4.69, 9.17) is 4.74 Å². The lowest BCUT2D eigenvalue weighted by molar-refractivity contribution is 0.0893. The Hall–Kier alpha value is -0.860. The van der Waals surface area contributed by atoms with E-state index in [1.807, 2.05) is 0 Å². The Labute approximate surface area is 123 Å². The molecule has 1 aliphatic carbocycles. The molecule has 20 heavy (non-hydrogen) atoms. The highest BCUT2D eigenvalue weighted by molar-refractivity contribution is 5.22. The molecule has 1 N–H and O–H groups in total. The van der Waals surface area contributed by atoms with Crippen molar-refractivity contribution in [1.29, 1.82) is 0 Å². The summed E-state index contributed by atoms with van der Waals surface area (Å²) in [5, 5.41) is 3.55. The molecule has 1 aliphatic rings. The zero-order valence-corrected chi connectivity index (χ0v) is 13.0. The van der Waals surface area contributed by atoms with E-state index < -0.39 is 0 Å². The largest absolute Gasteiger partial charge is 0.376 e. The summed E-state index contributed by atoms with van der Waals surface area (Å²) in [6.07, 6.45) is 6.37. The van der Waals surface area contributed by atoms with Crippen LogP contribution < -0.4 is 5.32 Å². The molecule has 0 spiro atoms. The molecule has 2 rings (SSSR count). The standard InChI is InChI=1S/C18H29NO/c1-3-4-15(2)13-20-14-17-7-5-16(6-8-17)11-12-19-18-9-10-18/h5-8,15,18-19H,3-4,9-14H2,1-2H3. The third-order valence-corrected chi connectivity index (χ3v) is 3.90. The van der Waals surface area contributed by atoms with Crippen molar-refractivity contribution in [1.82, 2.24) is 5.32 Å². The van der Waals surface area contributed by atoms with Gasteiger partial charge in [-0.15, -0.1) is 0 Å². The van der Waals surface area contributed by atoms with Crippen LogP contribution in [0.1, 0.15) is 50.7 Å². The summed E-state index contributed by atoms with van der Waals surface area (Å²) in [7, 11) is 0. The van der Waals surface area contributed by atoms with E-state index in [1.54, 1.807) is 0 Å². The first kappa shape index (κ1) is 15.5. The van der Waals surface area contributed by atoms with Crippen LogP contribution in [-0.2, 0) is 17.8 Å². The summed E-state index contributed by atoms with van der Waals surface area (Å²) < 4.78 is 5.78. The third kappa shape index (κ3) is 6.06. The van der Waals surface area contributed by atoms with Gasteiger partial charge in [-0.25, -0.2) is 0 Å². The first-order valence-corrected chi connectivity index (χ1v) is 8.17. The van der Waals surface area contributed by atoms with Crippen LogP contribution >= 0.6 is 0 Å². The highest BCUT2D eigenvalue weighted by atomic mass is 16.5. The van der Waals surface area contributed by atoms with Gasteiger partial charge in [0.2, 0.25) is 0 Å². The highest BCUT2D eigenvalue weighted by Gasteiger charge is 2.19. The van der Waals surface area contributed by atoms with Gasteiger partial charge in [0.05, 0.1) is 6.61 Å². The second kappa shape index (κ2) is 8.43. The van der Waals surface area contributed by atoms with Crippen molar-refractivity contribution in [3.63, 3.8) is 0 Å². The van der Waals surface area contributed by atoms with E-state index in [0.717, 1.165) is 32.2 Å². The lowest BCUT2D eigenvalue weighted by atomic mass is 10.1. The molecule has 1 unspecified atom stereocenters.